The lowest BCUT2D eigenvalue weighted by molar-refractivity contribution is 0.0957. The predicted octanol–water partition coefficient (Wildman–Crippen LogP) is 5.55. The maximum atomic E-state index is 12.7. The molecule has 144 valence electrons. The van der Waals surface area contributed by atoms with Gasteiger partial charge in [0.25, 0.3) is 5.91 Å². The van der Waals surface area contributed by atoms with Crippen molar-refractivity contribution in [2.75, 3.05) is 0 Å². The monoisotopic (exact) mass is 389 g/mol. The van der Waals surface area contributed by atoms with Crippen molar-refractivity contribution in [1.29, 1.82) is 0 Å². The van der Waals surface area contributed by atoms with Crippen LogP contribution in [-0.4, -0.2) is 16.7 Å². The van der Waals surface area contributed by atoms with Gasteiger partial charge in [0, 0.05) is 17.4 Å². The second-order valence-electron chi connectivity index (χ2n) is 7.06. The van der Waals surface area contributed by atoms with Crippen LogP contribution in [0.4, 0.5) is 0 Å². The van der Waals surface area contributed by atoms with Crippen LogP contribution in [-0.2, 0) is 0 Å². The van der Waals surface area contributed by atoms with Gasteiger partial charge in [-0.05, 0) is 51.9 Å². The number of benzene rings is 4. The molecule has 0 fully saturated rings. The fourth-order valence-electron chi connectivity index (χ4n) is 3.70. The third-order valence-electron chi connectivity index (χ3n) is 5.19. The molecule has 0 atom stereocenters. The predicted molar refractivity (Wildman–Crippen MR) is 122 cm³/mol. The van der Waals surface area contributed by atoms with Crippen molar-refractivity contribution in [3.05, 3.63) is 115 Å². The molecule has 4 heteroatoms. The first-order chi connectivity index (χ1) is 14.8. The molecule has 0 spiro atoms. The Bertz CT molecular complexity index is 1390. The van der Waals surface area contributed by atoms with Crippen LogP contribution in [0.15, 0.2) is 108 Å². The lowest BCUT2D eigenvalue weighted by Gasteiger charge is -2.08. The first-order valence-corrected chi connectivity index (χ1v) is 9.77. The molecule has 4 nitrogen and oxygen atoms in total. The molecule has 1 N–H and O–H groups in total. The van der Waals surface area contributed by atoms with Gasteiger partial charge in [0.2, 0.25) is 0 Å². The van der Waals surface area contributed by atoms with E-state index in [9.17, 15) is 4.79 Å². The zero-order valence-electron chi connectivity index (χ0n) is 16.2. The molecule has 30 heavy (non-hydrogen) atoms. The molecule has 1 heterocycles. The number of aromatic nitrogens is 1. The van der Waals surface area contributed by atoms with Gasteiger partial charge in [-0.1, -0.05) is 66.7 Å². The Hall–Kier alpha value is -4.18. The maximum absolute atomic E-state index is 12.7. The standard InChI is InChI=1S/C26H19N3O/c30-26(25-13-5-10-20-8-3-4-12-24(20)25)28-27-18-23-11-6-16-29(23)22-15-14-19-7-1-2-9-21(19)17-22/h1-18H,(H,28,30)/b27-18+. The number of hydrazone groups is 1. The maximum Gasteiger partial charge on any atom is 0.271 e. The molecule has 0 saturated heterocycles. The van der Waals surface area contributed by atoms with Crippen molar-refractivity contribution < 1.29 is 4.79 Å². The molecule has 0 radical (unpaired) electrons. The Morgan fingerprint density at radius 2 is 1.53 bits per heavy atom. The summed E-state index contributed by atoms with van der Waals surface area (Å²) in [5.41, 5.74) is 5.18. The van der Waals surface area contributed by atoms with Crippen LogP contribution in [0, 0.1) is 0 Å². The van der Waals surface area contributed by atoms with Gasteiger partial charge in [-0.15, -0.1) is 0 Å². The minimum absolute atomic E-state index is 0.230. The summed E-state index contributed by atoms with van der Waals surface area (Å²) >= 11 is 0. The number of carbonyl (C=O) groups is 1. The number of hydrogen-bond acceptors (Lipinski definition) is 2. The Kier molecular flexibility index (Phi) is 4.58. The van der Waals surface area contributed by atoms with E-state index in [1.54, 1.807) is 6.21 Å². The SMILES string of the molecule is O=C(N/N=C/c1cccn1-c1ccc2ccccc2c1)c1cccc2ccccc12. The fraction of sp³-hybridized carbons (Fsp3) is 0. The van der Waals surface area contributed by atoms with Gasteiger partial charge >= 0.3 is 0 Å². The van der Waals surface area contributed by atoms with E-state index in [0.29, 0.717) is 5.56 Å². The smallest absolute Gasteiger partial charge is 0.271 e. The summed E-state index contributed by atoms with van der Waals surface area (Å²) in [7, 11) is 0. The first-order valence-electron chi connectivity index (χ1n) is 9.77. The van der Waals surface area contributed by atoms with Crippen molar-refractivity contribution in [2.24, 2.45) is 5.10 Å². The van der Waals surface area contributed by atoms with Crippen molar-refractivity contribution in [2.45, 2.75) is 0 Å². The first kappa shape index (κ1) is 17.9. The van der Waals surface area contributed by atoms with Gasteiger partial charge < -0.3 is 4.57 Å². The molecule has 1 amide bonds. The van der Waals surface area contributed by atoms with E-state index in [-0.39, 0.29) is 5.91 Å². The van der Waals surface area contributed by atoms with Crippen LogP contribution in [0.2, 0.25) is 0 Å². The molecule has 1 aromatic heterocycles. The second-order valence-corrected chi connectivity index (χ2v) is 7.06. The molecule has 5 rings (SSSR count). The Balaban J connectivity index is 1.39. The summed E-state index contributed by atoms with van der Waals surface area (Å²) < 4.78 is 2.04. The summed E-state index contributed by atoms with van der Waals surface area (Å²) in [5, 5.41) is 8.51. The number of fused-ring (bicyclic) bond motifs is 2. The molecule has 0 aliphatic rings. The lowest BCUT2D eigenvalue weighted by Crippen LogP contribution is -2.18. The summed E-state index contributed by atoms with van der Waals surface area (Å²) in [5.74, 6) is -0.230. The van der Waals surface area contributed by atoms with Gasteiger partial charge in [0.15, 0.2) is 0 Å². The van der Waals surface area contributed by atoms with Crippen molar-refractivity contribution in [1.82, 2.24) is 9.99 Å². The van der Waals surface area contributed by atoms with Crippen LogP contribution >= 0.6 is 0 Å². The third-order valence-corrected chi connectivity index (χ3v) is 5.19. The molecule has 0 aliphatic carbocycles. The van der Waals surface area contributed by atoms with Crippen molar-refractivity contribution in [3.8, 4) is 5.69 Å². The highest BCUT2D eigenvalue weighted by Crippen LogP contribution is 2.20. The number of amides is 1. The topological polar surface area (TPSA) is 46.4 Å². The third kappa shape index (κ3) is 3.35. The lowest BCUT2D eigenvalue weighted by atomic mass is 10.0. The number of hydrogen-bond donors (Lipinski definition) is 1. The van der Waals surface area contributed by atoms with Crippen LogP contribution in [0.1, 0.15) is 16.1 Å². The van der Waals surface area contributed by atoms with Gasteiger partial charge in [0.05, 0.1) is 11.9 Å². The van der Waals surface area contributed by atoms with Crippen LogP contribution in [0.5, 0.6) is 0 Å². The Morgan fingerprint density at radius 1 is 0.767 bits per heavy atom. The highest BCUT2D eigenvalue weighted by Gasteiger charge is 2.09. The van der Waals surface area contributed by atoms with E-state index in [2.05, 4.69) is 40.9 Å². The Labute approximate surface area is 174 Å². The normalized spacial score (nSPS) is 11.3. The highest BCUT2D eigenvalue weighted by molar-refractivity contribution is 6.07. The number of carbonyl (C=O) groups excluding carboxylic acids is 1. The van der Waals surface area contributed by atoms with Crippen LogP contribution in [0.3, 0.4) is 0 Å². The van der Waals surface area contributed by atoms with Crippen LogP contribution < -0.4 is 5.43 Å². The fourth-order valence-corrected chi connectivity index (χ4v) is 3.70. The average Bonchev–Trinajstić information content (AvgIpc) is 3.27. The summed E-state index contributed by atoms with van der Waals surface area (Å²) in [4.78, 5) is 12.7. The molecule has 0 bridgehead atoms. The molecular formula is C26H19N3O. The molecule has 4 aromatic carbocycles. The number of nitrogens with zero attached hydrogens (tertiary/aromatic N) is 2. The minimum Gasteiger partial charge on any atom is -0.316 e. The highest BCUT2D eigenvalue weighted by atomic mass is 16.2. The van der Waals surface area contributed by atoms with Crippen molar-refractivity contribution >= 4 is 33.7 Å². The molecule has 0 unspecified atom stereocenters. The van der Waals surface area contributed by atoms with E-state index in [1.165, 1.54) is 10.8 Å². The van der Waals surface area contributed by atoms with E-state index in [1.807, 2.05) is 77.5 Å². The minimum atomic E-state index is -0.230. The summed E-state index contributed by atoms with van der Waals surface area (Å²) in [6.45, 7) is 0. The zero-order valence-corrected chi connectivity index (χ0v) is 16.2. The van der Waals surface area contributed by atoms with E-state index < -0.39 is 0 Å². The van der Waals surface area contributed by atoms with E-state index >= 15 is 0 Å². The van der Waals surface area contributed by atoms with Gasteiger partial charge in [-0.2, -0.15) is 5.10 Å². The molecule has 5 aromatic rings. The van der Waals surface area contributed by atoms with Gasteiger partial charge in [0.1, 0.15) is 0 Å². The van der Waals surface area contributed by atoms with Gasteiger partial charge in [-0.3, -0.25) is 4.79 Å². The van der Waals surface area contributed by atoms with E-state index in [4.69, 9.17) is 0 Å². The largest absolute Gasteiger partial charge is 0.316 e. The van der Waals surface area contributed by atoms with E-state index in [0.717, 1.165) is 22.2 Å². The van der Waals surface area contributed by atoms with Crippen LogP contribution in [0.25, 0.3) is 27.2 Å². The number of rotatable bonds is 4. The molecule has 0 saturated carbocycles. The summed E-state index contributed by atoms with van der Waals surface area (Å²) in [6, 6.07) is 32.0. The zero-order chi connectivity index (χ0) is 20.3. The van der Waals surface area contributed by atoms with Gasteiger partial charge in [-0.25, -0.2) is 5.43 Å². The Morgan fingerprint density at radius 3 is 2.43 bits per heavy atom. The quantitative estimate of drug-likeness (QED) is 0.318. The second kappa shape index (κ2) is 7.68. The average molecular weight is 389 g/mol. The molecular weight excluding hydrogens is 370 g/mol. The summed E-state index contributed by atoms with van der Waals surface area (Å²) in [6.07, 6.45) is 3.65. The van der Waals surface area contributed by atoms with Crippen molar-refractivity contribution in [3.63, 3.8) is 0 Å². The number of nitrogens with one attached hydrogen (secondary N) is 1. The molecule has 0 aliphatic heterocycles.